The largest absolute Gasteiger partial charge is 0.391 e. The third-order valence-corrected chi connectivity index (χ3v) is 5.44. The van der Waals surface area contributed by atoms with Crippen molar-refractivity contribution >= 4 is 17.2 Å². The van der Waals surface area contributed by atoms with E-state index in [4.69, 9.17) is 0 Å². The fourth-order valence-corrected chi connectivity index (χ4v) is 3.83. The van der Waals surface area contributed by atoms with E-state index in [1.54, 1.807) is 16.0 Å². The van der Waals surface area contributed by atoms with Gasteiger partial charge in [-0.25, -0.2) is 4.68 Å². The fourth-order valence-electron chi connectivity index (χ4n) is 3.10. The molecule has 6 nitrogen and oxygen atoms in total. The zero-order chi connectivity index (χ0) is 17.9. The van der Waals surface area contributed by atoms with Gasteiger partial charge < -0.3 is 15.7 Å². The summed E-state index contributed by atoms with van der Waals surface area (Å²) in [7, 11) is 0. The van der Waals surface area contributed by atoms with E-state index < -0.39 is 6.10 Å². The van der Waals surface area contributed by atoms with Crippen molar-refractivity contribution in [2.45, 2.75) is 6.10 Å². The van der Waals surface area contributed by atoms with Crippen LogP contribution in [-0.4, -0.2) is 46.5 Å². The molecular formula is C19H20N4O2S. The average molecular weight is 368 g/mol. The van der Waals surface area contributed by atoms with E-state index in [0.29, 0.717) is 25.3 Å². The van der Waals surface area contributed by atoms with Gasteiger partial charge in [0.15, 0.2) is 5.69 Å². The summed E-state index contributed by atoms with van der Waals surface area (Å²) >= 11 is 1.61. The van der Waals surface area contributed by atoms with E-state index in [9.17, 15) is 9.90 Å². The van der Waals surface area contributed by atoms with E-state index in [-0.39, 0.29) is 11.8 Å². The van der Waals surface area contributed by atoms with Gasteiger partial charge in [0.2, 0.25) is 0 Å². The first kappa shape index (κ1) is 17.0. The van der Waals surface area contributed by atoms with Gasteiger partial charge in [0.25, 0.3) is 5.91 Å². The molecule has 3 heterocycles. The molecule has 2 aromatic heterocycles. The van der Waals surface area contributed by atoms with Crippen LogP contribution < -0.4 is 10.6 Å². The van der Waals surface area contributed by atoms with Crippen LogP contribution in [0.5, 0.6) is 0 Å². The summed E-state index contributed by atoms with van der Waals surface area (Å²) < 4.78 is 1.80. The molecule has 1 aliphatic heterocycles. The Bertz CT molecular complexity index is 876. The smallest absolute Gasteiger partial charge is 0.271 e. The van der Waals surface area contributed by atoms with E-state index in [1.807, 2.05) is 53.9 Å². The van der Waals surface area contributed by atoms with Gasteiger partial charge in [-0.05, 0) is 29.6 Å². The van der Waals surface area contributed by atoms with E-state index in [0.717, 1.165) is 16.3 Å². The van der Waals surface area contributed by atoms with Crippen LogP contribution >= 0.6 is 11.3 Å². The SMILES string of the molecule is O=C(NCC1CNCC1O)c1cc(-c2cccs2)n(-c2ccccc2)n1. The highest BCUT2D eigenvalue weighted by molar-refractivity contribution is 7.13. The molecule has 3 N–H and O–H groups in total. The van der Waals surface area contributed by atoms with E-state index in [2.05, 4.69) is 15.7 Å². The lowest BCUT2D eigenvalue weighted by Gasteiger charge is -2.13. The van der Waals surface area contributed by atoms with Gasteiger partial charge in [0.05, 0.1) is 22.4 Å². The first-order valence-electron chi connectivity index (χ1n) is 8.59. The van der Waals surface area contributed by atoms with Crippen molar-refractivity contribution in [3.63, 3.8) is 0 Å². The molecule has 0 radical (unpaired) electrons. The molecule has 4 rings (SSSR count). The van der Waals surface area contributed by atoms with E-state index in [1.165, 1.54) is 0 Å². The molecule has 0 saturated carbocycles. The first-order chi connectivity index (χ1) is 12.7. The van der Waals surface area contributed by atoms with Crippen molar-refractivity contribution in [3.8, 4) is 16.3 Å². The Morgan fingerprint density at radius 2 is 2.12 bits per heavy atom. The fraction of sp³-hybridized carbons (Fsp3) is 0.263. The molecule has 1 fully saturated rings. The molecule has 3 aromatic rings. The molecule has 0 spiro atoms. The number of aliphatic hydroxyl groups is 1. The van der Waals surface area contributed by atoms with Crippen molar-refractivity contribution in [2.75, 3.05) is 19.6 Å². The summed E-state index contributed by atoms with van der Waals surface area (Å²) in [5.74, 6) is -0.191. The number of rotatable bonds is 5. The van der Waals surface area contributed by atoms with Crippen molar-refractivity contribution in [1.82, 2.24) is 20.4 Å². The van der Waals surface area contributed by atoms with Crippen LogP contribution in [0.15, 0.2) is 53.9 Å². The Kier molecular flexibility index (Phi) is 4.83. The predicted molar refractivity (Wildman–Crippen MR) is 102 cm³/mol. The number of aliphatic hydroxyl groups excluding tert-OH is 1. The van der Waals surface area contributed by atoms with Crippen molar-refractivity contribution in [3.05, 3.63) is 59.6 Å². The Labute approximate surface area is 155 Å². The van der Waals surface area contributed by atoms with Gasteiger partial charge >= 0.3 is 0 Å². The molecular weight excluding hydrogens is 348 g/mol. The molecule has 1 amide bonds. The Morgan fingerprint density at radius 3 is 2.81 bits per heavy atom. The van der Waals surface area contributed by atoms with Crippen LogP contribution in [0.4, 0.5) is 0 Å². The molecule has 1 aromatic carbocycles. The molecule has 2 atom stereocenters. The minimum atomic E-state index is -0.418. The van der Waals surface area contributed by atoms with Crippen LogP contribution in [0.2, 0.25) is 0 Å². The van der Waals surface area contributed by atoms with Crippen LogP contribution in [0.1, 0.15) is 10.5 Å². The molecule has 0 aliphatic carbocycles. The number of thiophene rings is 1. The van der Waals surface area contributed by atoms with Gasteiger partial charge in [-0.15, -0.1) is 11.3 Å². The van der Waals surface area contributed by atoms with Crippen LogP contribution in [0.3, 0.4) is 0 Å². The predicted octanol–water partition coefficient (Wildman–Crippen LogP) is 1.91. The standard InChI is InChI=1S/C19H20N4O2S/c24-17-12-20-10-13(17)11-21-19(25)15-9-16(18-7-4-8-26-18)23(22-15)14-5-2-1-3-6-14/h1-9,13,17,20,24H,10-12H2,(H,21,25). The maximum absolute atomic E-state index is 12.6. The minimum Gasteiger partial charge on any atom is -0.391 e. The summed E-state index contributed by atoms with van der Waals surface area (Å²) in [5, 5.41) is 22.4. The Hall–Kier alpha value is -2.48. The number of carbonyl (C=O) groups excluding carboxylic acids is 1. The normalized spacial score (nSPS) is 19.6. The zero-order valence-electron chi connectivity index (χ0n) is 14.1. The molecule has 1 saturated heterocycles. The van der Waals surface area contributed by atoms with Crippen LogP contribution in [-0.2, 0) is 0 Å². The number of nitrogens with one attached hydrogen (secondary N) is 2. The number of β-amino-alcohol motifs (C(OH)–C–C–N with tert-alkyl or cyclic N) is 1. The van der Waals surface area contributed by atoms with Gasteiger partial charge in [-0.1, -0.05) is 24.3 Å². The first-order valence-corrected chi connectivity index (χ1v) is 9.46. The quantitative estimate of drug-likeness (QED) is 0.643. The number of carbonyl (C=O) groups is 1. The maximum Gasteiger partial charge on any atom is 0.271 e. The lowest BCUT2D eigenvalue weighted by atomic mass is 10.1. The van der Waals surface area contributed by atoms with Crippen molar-refractivity contribution in [1.29, 1.82) is 0 Å². The third-order valence-electron chi connectivity index (χ3n) is 4.55. The summed E-state index contributed by atoms with van der Waals surface area (Å²) in [4.78, 5) is 13.6. The number of hydrogen-bond donors (Lipinski definition) is 3. The molecule has 134 valence electrons. The van der Waals surface area contributed by atoms with Crippen molar-refractivity contribution < 1.29 is 9.90 Å². The second-order valence-corrected chi connectivity index (χ2v) is 7.28. The molecule has 7 heteroatoms. The molecule has 26 heavy (non-hydrogen) atoms. The second-order valence-electron chi connectivity index (χ2n) is 6.34. The Balaban J connectivity index is 1.59. The third kappa shape index (κ3) is 3.41. The molecule has 1 aliphatic rings. The summed E-state index contributed by atoms with van der Waals surface area (Å²) in [6, 6.07) is 15.6. The number of nitrogens with zero attached hydrogens (tertiary/aromatic N) is 2. The number of para-hydroxylation sites is 1. The van der Waals surface area contributed by atoms with Crippen molar-refractivity contribution in [2.24, 2.45) is 5.92 Å². The highest BCUT2D eigenvalue weighted by atomic mass is 32.1. The van der Waals surface area contributed by atoms with Gasteiger partial charge in [0.1, 0.15) is 0 Å². The topological polar surface area (TPSA) is 79.2 Å². The number of amides is 1. The zero-order valence-corrected chi connectivity index (χ0v) is 14.9. The monoisotopic (exact) mass is 368 g/mol. The van der Waals surface area contributed by atoms with Gasteiger partial charge in [-0.2, -0.15) is 5.10 Å². The summed E-state index contributed by atoms with van der Waals surface area (Å²) in [6.45, 7) is 1.71. The van der Waals surface area contributed by atoms with E-state index >= 15 is 0 Å². The highest BCUT2D eigenvalue weighted by Crippen LogP contribution is 2.28. The van der Waals surface area contributed by atoms with Crippen LogP contribution in [0.25, 0.3) is 16.3 Å². The number of hydrogen-bond acceptors (Lipinski definition) is 5. The summed E-state index contributed by atoms with van der Waals surface area (Å²) in [5.41, 5.74) is 2.17. The number of benzene rings is 1. The van der Waals surface area contributed by atoms with Gasteiger partial charge in [0, 0.05) is 25.6 Å². The van der Waals surface area contributed by atoms with Crippen LogP contribution in [0, 0.1) is 5.92 Å². The highest BCUT2D eigenvalue weighted by Gasteiger charge is 2.26. The Morgan fingerprint density at radius 1 is 1.27 bits per heavy atom. The molecule has 2 unspecified atom stereocenters. The second kappa shape index (κ2) is 7.41. The summed E-state index contributed by atoms with van der Waals surface area (Å²) in [6.07, 6.45) is -0.418. The minimum absolute atomic E-state index is 0.0342. The molecule has 0 bridgehead atoms. The lowest BCUT2D eigenvalue weighted by molar-refractivity contribution is 0.0921. The van der Waals surface area contributed by atoms with Gasteiger partial charge in [-0.3, -0.25) is 4.79 Å². The number of aromatic nitrogens is 2. The average Bonchev–Trinajstić information content (AvgIpc) is 3.41. The lowest BCUT2D eigenvalue weighted by Crippen LogP contribution is -2.34. The maximum atomic E-state index is 12.6.